The number of morpholine rings is 1. The van der Waals surface area contributed by atoms with Gasteiger partial charge in [-0.1, -0.05) is 26.7 Å². The molecule has 1 unspecified atom stereocenters. The molecular formula is C13H24ClNO2. The first-order valence-corrected chi connectivity index (χ1v) is 7.22. The minimum absolute atomic E-state index is 0.0640. The largest absolute Gasteiger partial charge is 0.377 e. The lowest BCUT2D eigenvalue weighted by Crippen LogP contribution is -2.51. The van der Waals surface area contributed by atoms with Gasteiger partial charge in [-0.2, -0.15) is 0 Å². The van der Waals surface area contributed by atoms with E-state index in [0.29, 0.717) is 25.6 Å². The molecule has 0 N–H and O–H groups in total. The molecule has 0 aromatic carbocycles. The van der Waals surface area contributed by atoms with Crippen molar-refractivity contribution in [3.63, 3.8) is 0 Å². The first kappa shape index (κ1) is 14.8. The molecule has 1 heterocycles. The fourth-order valence-corrected chi connectivity index (χ4v) is 2.65. The molecule has 0 aromatic rings. The zero-order chi connectivity index (χ0) is 12.7. The number of nitrogens with zero attached hydrogens (tertiary/aromatic N) is 1. The molecule has 4 heteroatoms. The van der Waals surface area contributed by atoms with Gasteiger partial charge in [0.2, 0.25) is 5.91 Å². The van der Waals surface area contributed by atoms with Crippen LogP contribution in [0.25, 0.3) is 0 Å². The van der Waals surface area contributed by atoms with Gasteiger partial charge >= 0.3 is 0 Å². The minimum Gasteiger partial charge on any atom is -0.377 e. The average Bonchev–Trinajstić information content (AvgIpc) is 2.37. The second-order valence-corrected chi connectivity index (χ2v) is 5.00. The van der Waals surface area contributed by atoms with E-state index in [4.69, 9.17) is 16.3 Å². The zero-order valence-electron chi connectivity index (χ0n) is 11.0. The van der Waals surface area contributed by atoms with Gasteiger partial charge in [-0.3, -0.25) is 4.79 Å². The highest BCUT2D eigenvalue weighted by Crippen LogP contribution is 2.20. The molecule has 0 aliphatic carbocycles. The lowest BCUT2D eigenvalue weighted by Gasteiger charge is -2.36. The summed E-state index contributed by atoms with van der Waals surface area (Å²) in [4.78, 5) is 14.4. The maximum absolute atomic E-state index is 12.5. The van der Waals surface area contributed by atoms with E-state index in [2.05, 4.69) is 13.8 Å². The van der Waals surface area contributed by atoms with Gasteiger partial charge in [0, 0.05) is 18.3 Å². The Labute approximate surface area is 109 Å². The summed E-state index contributed by atoms with van der Waals surface area (Å²) in [5.41, 5.74) is 0. The van der Waals surface area contributed by atoms with E-state index >= 15 is 0 Å². The number of hydrogen-bond acceptors (Lipinski definition) is 2. The Bertz CT molecular complexity index is 229. The van der Waals surface area contributed by atoms with Crippen molar-refractivity contribution in [3.8, 4) is 0 Å². The fourth-order valence-electron chi connectivity index (χ4n) is 2.40. The Kier molecular flexibility index (Phi) is 6.90. The molecule has 1 saturated heterocycles. The monoisotopic (exact) mass is 261 g/mol. The smallest absolute Gasteiger partial charge is 0.226 e. The molecule has 1 aliphatic rings. The molecule has 1 amide bonds. The molecule has 0 radical (unpaired) electrons. The number of amides is 1. The third-order valence-corrected chi connectivity index (χ3v) is 3.67. The van der Waals surface area contributed by atoms with Crippen molar-refractivity contribution in [1.82, 2.24) is 4.90 Å². The van der Waals surface area contributed by atoms with Crippen molar-refractivity contribution >= 4 is 17.5 Å². The Morgan fingerprint density at radius 3 is 2.59 bits per heavy atom. The Hall–Kier alpha value is -0.280. The molecule has 100 valence electrons. The van der Waals surface area contributed by atoms with E-state index in [1.807, 2.05) is 4.90 Å². The van der Waals surface area contributed by atoms with Crippen LogP contribution in [0.4, 0.5) is 0 Å². The lowest BCUT2D eigenvalue weighted by molar-refractivity contribution is -0.143. The number of halogens is 1. The number of alkyl halides is 1. The fraction of sp³-hybridized carbons (Fsp3) is 0.923. The molecule has 1 fully saturated rings. The number of carbonyl (C=O) groups is 1. The zero-order valence-corrected chi connectivity index (χ0v) is 11.7. The average molecular weight is 262 g/mol. The van der Waals surface area contributed by atoms with E-state index in [9.17, 15) is 4.79 Å². The van der Waals surface area contributed by atoms with Gasteiger partial charge in [-0.25, -0.2) is 0 Å². The second kappa shape index (κ2) is 7.93. The summed E-state index contributed by atoms with van der Waals surface area (Å²) in [6.07, 6.45) is 4.09. The van der Waals surface area contributed by atoms with Gasteiger partial charge in [0.1, 0.15) is 0 Å². The Morgan fingerprint density at radius 1 is 1.41 bits per heavy atom. The van der Waals surface area contributed by atoms with Crippen molar-refractivity contribution < 1.29 is 9.53 Å². The summed E-state index contributed by atoms with van der Waals surface area (Å²) in [7, 11) is 0. The molecule has 0 spiro atoms. The van der Waals surface area contributed by atoms with Crippen LogP contribution in [0.15, 0.2) is 0 Å². The number of ether oxygens (including phenoxy) is 1. The Balaban J connectivity index is 2.62. The number of carbonyl (C=O) groups excluding carboxylic acids is 1. The molecule has 0 saturated carbocycles. The van der Waals surface area contributed by atoms with E-state index in [0.717, 1.165) is 25.7 Å². The molecule has 0 aromatic heterocycles. The normalized spacial score (nSPS) is 20.9. The minimum atomic E-state index is 0.0640. The second-order valence-electron chi connectivity index (χ2n) is 4.69. The highest BCUT2D eigenvalue weighted by Gasteiger charge is 2.30. The quantitative estimate of drug-likeness (QED) is 0.688. The summed E-state index contributed by atoms with van der Waals surface area (Å²) in [6.45, 7) is 6.19. The third-order valence-electron chi connectivity index (χ3n) is 3.31. The predicted octanol–water partition coefficient (Wildman–Crippen LogP) is 2.67. The van der Waals surface area contributed by atoms with Crippen LogP contribution in [0.5, 0.6) is 0 Å². The summed E-state index contributed by atoms with van der Waals surface area (Å²) < 4.78 is 5.37. The molecular weight excluding hydrogens is 238 g/mol. The van der Waals surface area contributed by atoms with Crippen LogP contribution in [0.1, 0.15) is 39.5 Å². The molecule has 1 atom stereocenters. The van der Waals surface area contributed by atoms with Gasteiger partial charge in [0.25, 0.3) is 0 Å². The van der Waals surface area contributed by atoms with Crippen molar-refractivity contribution in [2.75, 3.05) is 25.6 Å². The molecule has 1 rings (SSSR count). The summed E-state index contributed by atoms with van der Waals surface area (Å²) >= 11 is 5.90. The van der Waals surface area contributed by atoms with Gasteiger partial charge in [0.05, 0.1) is 19.3 Å². The summed E-state index contributed by atoms with van der Waals surface area (Å²) in [5.74, 6) is 0.924. The molecule has 0 bridgehead atoms. The van der Waals surface area contributed by atoms with E-state index in [-0.39, 0.29) is 17.9 Å². The predicted molar refractivity (Wildman–Crippen MR) is 70.3 cm³/mol. The van der Waals surface area contributed by atoms with Crippen LogP contribution in [0, 0.1) is 5.92 Å². The van der Waals surface area contributed by atoms with Crippen molar-refractivity contribution in [3.05, 3.63) is 0 Å². The van der Waals surface area contributed by atoms with Crippen molar-refractivity contribution in [2.24, 2.45) is 5.92 Å². The van der Waals surface area contributed by atoms with Crippen LogP contribution in [-0.2, 0) is 9.53 Å². The first-order chi connectivity index (χ1) is 8.24. The SMILES string of the molecule is CCCC(CCC)C(=O)N1CCOCC1CCl. The van der Waals surface area contributed by atoms with Crippen LogP contribution in [0.2, 0.25) is 0 Å². The Morgan fingerprint density at radius 2 is 2.06 bits per heavy atom. The van der Waals surface area contributed by atoms with E-state index in [1.54, 1.807) is 0 Å². The van der Waals surface area contributed by atoms with Crippen molar-refractivity contribution in [2.45, 2.75) is 45.6 Å². The maximum Gasteiger partial charge on any atom is 0.226 e. The molecule has 3 nitrogen and oxygen atoms in total. The van der Waals surface area contributed by atoms with Gasteiger partial charge in [-0.05, 0) is 12.8 Å². The van der Waals surface area contributed by atoms with E-state index in [1.165, 1.54) is 0 Å². The van der Waals surface area contributed by atoms with Crippen LogP contribution < -0.4 is 0 Å². The third kappa shape index (κ3) is 4.14. The first-order valence-electron chi connectivity index (χ1n) is 6.68. The van der Waals surface area contributed by atoms with Gasteiger partial charge in [0.15, 0.2) is 0 Å². The summed E-state index contributed by atoms with van der Waals surface area (Å²) in [5, 5.41) is 0. The topological polar surface area (TPSA) is 29.5 Å². The summed E-state index contributed by atoms with van der Waals surface area (Å²) in [6, 6.07) is 0.0640. The van der Waals surface area contributed by atoms with Gasteiger partial charge in [-0.15, -0.1) is 11.6 Å². The lowest BCUT2D eigenvalue weighted by atomic mass is 9.96. The van der Waals surface area contributed by atoms with E-state index < -0.39 is 0 Å². The van der Waals surface area contributed by atoms with Crippen molar-refractivity contribution in [1.29, 1.82) is 0 Å². The van der Waals surface area contributed by atoms with Crippen LogP contribution in [-0.4, -0.2) is 42.5 Å². The standard InChI is InChI=1S/C13H24ClNO2/c1-3-5-11(6-4-2)13(16)15-7-8-17-10-12(15)9-14/h11-12H,3-10H2,1-2H3. The molecule has 17 heavy (non-hydrogen) atoms. The van der Waals surface area contributed by atoms with Crippen LogP contribution in [0.3, 0.4) is 0 Å². The number of rotatable bonds is 6. The molecule has 1 aliphatic heterocycles. The highest BCUT2D eigenvalue weighted by atomic mass is 35.5. The maximum atomic E-state index is 12.5. The highest BCUT2D eigenvalue weighted by molar-refractivity contribution is 6.18. The van der Waals surface area contributed by atoms with Gasteiger partial charge < -0.3 is 9.64 Å². The number of hydrogen-bond donors (Lipinski definition) is 0. The van der Waals surface area contributed by atoms with Crippen LogP contribution >= 0.6 is 11.6 Å².